The highest BCUT2D eigenvalue weighted by molar-refractivity contribution is 7.12. The Kier molecular flexibility index (Phi) is 4.02. The van der Waals surface area contributed by atoms with Gasteiger partial charge in [0, 0.05) is 13.0 Å². The van der Waals surface area contributed by atoms with E-state index in [-0.39, 0.29) is 5.91 Å². The van der Waals surface area contributed by atoms with Gasteiger partial charge in [0.25, 0.3) is 5.91 Å². The second kappa shape index (κ2) is 5.30. The molecule has 1 amide bonds. The van der Waals surface area contributed by atoms with Crippen molar-refractivity contribution in [3.8, 4) is 18.1 Å². The molecule has 74 valence electrons. The summed E-state index contributed by atoms with van der Waals surface area (Å²) in [5.74, 6) is 2.93. The van der Waals surface area contributed by atoms with Crippen LogP contribution in [-0.4, -0.2) is 19.6 Å². The molecule has 0 aromatic carbocycles. The molecule has 0 bridgehead atoms. The van der Waals surface area contributed by atoms with Gasteiger partial charge >= 0.3 is 0 Å². The summed E-state index contributed by atoms with van der Waals surface area (Å²) in [6.07, 6.45) is 5.61. The molecule has 1 heterocycles. The fourth-order valence-corrected chi connectivity index (χ4v) is 1.73. The van der Waals surface area contributed by atoms with E-state index in [2.05, 4.69) is 11.2 Å². The average molecular weight is 209 g/mol. The summed E-state index contributed by atoms with van der Waals surface area (Å²) in [4.78, 5) is 12.1. The highest BCUT2D eigenvalue weighted by atomic mass is 32.1. The largest absolute Gasteiger partial charge is 0.495 e. The lowest BCUT2D eigenvalue weighted by Crippen LogP contribution is -2.23. The Balaban J connectivity index is 2.57. The first-order valence-corrected chi connectivity index (χ1v) is 5.00. The normalized spacial score (nSPS) is 9.14. The zero-order valence-electron chi connectivity index (χ0n) is 7.87. The van der Waals surface area contributed by atoms with Gasteiger partial charge in [-0.1, -0.05) is 0 Å². The average Bonchev–Trinajstić information content (AvgIpc) is 2.65. The minimum Gasteiger partial charge on any atom is -0.495 e. The fourth-order valence-electron chi connectivity index (χ4n) is 0.952. The smallest absolute Gasteiger partial charge is 0.265 e. The molecular weight excluding hydrogens is 198 g/mol. The number of ether oxygens (including phenoxy) is 1. The molecule has 3 nitrogen and oxygen atoms in total. The van der Waals surface area contributed by atoms with Crippen LogP contribution in [-0.2, 0) is 0 Å². The summed E-state index contributed by atoms with van der Waals surface area (Å²) < 4.78 is 5.02. The van der Waals surface area contributed by atoms with Crippen molar-refractivity contribution in [1.82, 2.24) is 5.32 Å². The number of hydrogen-bond acceptors (Lipinski definition) is 3. The van der Waals surface area contributed by atoms with Gasteiger partial charge < -0.3 is 10.1 Å². The first-order valence-electron chi connectivity index (χ1n) is 4.12. The number of carbonyl (C=O) groups is 1. The van der Waals surface area contributed by atoms with Gasteiger partial charge in [-0.3, -0.25) is 4.79 Å². The molecule has 0 unspecified atom stereocenters. The first-order chi connectivity index (χ1) is 6.79. The molecule has 0 aliphatic heterocycles. The van der Waals surface area contributed by atoms with Crippen LogP contribution in [0.1, 0.15) is 16.1 Å². The molecule has 1 rings (SSSR count). The van der Waals surface area contributed by atoms with Crippen molar-refractivity contribution < 1.29 is 9.53 Å². The van der Waals surface area contributed by atoms with Crippen LogP contribution in [0.15, 0.2) is 11.4 Å². The predicted molar refractivity (Wildman–Crippen MR) is 56.7 cm³/mol. The molecule has 0 radical (unpaired) electrons. The Labute approximate surface area is 87.1 Å². The molecule has 0 saturated heterocycles. The Morgan fingerprint density at radius 2 is 2.57 bits per heavy atom. The van der Waals surface area contributed by atoms with Gasteiger partial charge in [-0.05, 0) is 11.4 Å². The van der Waals surface area contributed by atoms with E-state index < -0.39 is 0 Å². The van der Waals surface area contributed by atoms with Crippen molar-refractivity contribution in [2.45, 2.75) is 6.42 Å². The van der Waals surface area contributed by atoms with E-state index in [0.717, 1.165) is 0 Å². The molecule has 4 heteroatoms. The number of nitrogens with one attached hydrogen (secondary N) is 1. The lowest BCUT2D eigenvalue weighted by molar-refractivity contribution is 0.0956. The molecular formula is C10H11NO2S. The summed E-state index contributed by atoms with van der Waals surface area (Å²) in [6.45, 7) is 0.496. The van der Waals surface area contributed by atoms with Gasteiger partial charge in [0.15, 0.2) is 0 Å². The standard InChI is InChI=1S/C10H11NO2S/c1-3-4-6-11-10(12)9-8(13-2)5-7-14-9/h1,5,7H,4,6H2,2H3,(H,11,12). The molecule has 0 aliphatic rings. The van der Waals surface area contributed by atoms with Crippen molar-refractivity contribution in [2.75, 3.05) is 13.7 Å². The van der Waals surface area contributed by atoms with Gasteiger partial charge in [-0.25, -0.2) is 0 Å². The number of methoxy groups -OCH3 is 1. The third-order valence-corrected chi connectivity index (χ3v) is 2.50. The number of rotatable bonds is 4. The first kappa shape index (κ1) is 10.6. The van der Waals surface area contributed by atoms with Crippen LogP contribution in [0.2, 0.25) is 0 Å². The monoisotopic (exact) mass is 209 g/mol. The minimum absolute atomic E-state index is 0.132. The molecule has 0 atom stereocenters. The maximum absolute atomic E-state index is 11.5. The topological polar surface area (TPSA) is 38.3 Å². The minimum atomic E-state index is -0.132. The van der Waals surface area contributed by atoms with Crippen LogP contribution >= 0.6 is 11.3 Å². The number of hydrogen-bond donors (Lipinski definition) is 1. The van der Waals surface area contributed by atoms with Crippen LogP contribution < -0.4 is 10.1 Å². The Morgan fingerprint density at radius 3 is 3.21 bits per heavy atom. The highest BCUT2D eigenvalue weighted by Gasteiger charge is 2.12. The number of amides is 1. The number of carbonyl (C=O) groups excluding carboxylic acids is 1. The van der Waals surface area contributed by atoms with E-state index in [9.17, 15) is 4.79 Å². The lowest BCUT2D eigenvalue weighted by atomic mass is 10.4. The van der Waals surface area contributed by atoms with Crippen molar-refractivity contribution in [1.29, 1.82) is 0 Å². The van der Waals surface area contributed by atoms with Gasteiger partial charge in [-0.15, -0.1) is 23.7 Å². The van der Waals surface area contributed by atoms with Crippen molar-refractivity contribution >= 4 is 17.2 Å². The van der Waals surface area contributed by atoms with Crippen LogP contribution in [0.25, 0.3) is 0 Å². The second-order valence-electron chi connectivity index (χ2n) is 2.53. The number of thiophene rings is 1. The van der Waals surface area contributed by atoms with Crippen molar-refractivity contribution in [2.24, 2.45) is 0 Å². The van der Waals surface area contributed by atoms with Crippen molar-refractivity contribution in [3.05, 3.63) is 16.3 Å². The quantitative estimate of drug-likeness (QED) is 0.603. The number of terminal acetylenes is 1. The maximum atomic E-state index is 11.5. The van der Waals surface area contributed by atoms with E-state index in [1.165, 1.54) is 11.3 Å². The molecule has 0 fully saturated rings. The Hall–Kier alpha value is -1.47. The van der Waals surface area contributed by atoms with Gasteiger partial charge in [0.05, 0.1) is 7.11 Å². The molecule has 0 saturated carbocycles. The Bertz CT molecular complexity index is 351. The second-order valence-corrected chi connectivity index (χ2v) is 3.44. The van der Waals surface area contributed by atoms with E-state index in [0.29, 0.717) is 23.6 Å². The summed E-state index contributed by atoms with van der Waals surface area (Å²) in [5.41, 5.74) is 0. The predicted octanol–water partition coefficient (Wildman–Crippen LogP) is 1.51. The third kappa shape index (κ3) is 2.51. The molecule has 0 aliphatic carbocycles. The molecule has 1 aromatic heterocycles. The summed E-state index contributed by atoms with van der Waals surface area (Å²) in [7, 11) is 1.54. The lowest BCUT2D eigenvalue weighted by Gasteiger charge is -2.02. The molecule has 1 N–H and O–H groups in total. The molecule has 1 aromatic rings. The van der Waals surface area contributed by atoms with E-state index in [1.54, 1.807) is 13.2 Å². The summed E-state index contributed by atoms with van der Waals surface area (Å²) in [6, 6.07) is 1.76. The highest BCUT2D eigenvalue weighted by Crippen LogP contribution is 2.23. The molecule has 0 spiro atoms. The van der Waals surface area contributed by atoms with Crippen LogP contribution in [0.3, 0.4) is 0 Å². The fraction of sp³-hybridized carbons (Fsp3) is 0.300. The van der Waals surface area contributed by atoms with Crippen LogP contribution in [0.5, 0.6) is 5.75 Å². The van der Waals surface area contributed by atoms with E-state index in [4.69, 9.17) is 11.2 Å². The SMILES string of the molecule is C#CCCNC(=O)c1sccc1OC. The summed E-state index contributed by atoms with van der Waals surface area (Å²) in [5, 5.41) is 4.52. The van der Waals surface area contributed by atoms with E-state index in [1.807, 2.05) is 5.38 Å². The maximum Gasteiger partial charge on any atom is 0.265 e. The van der Waals surface area contributed by atoms with Gasteiger partial charge in [0.1, 0.15) is 10.6 Å². The zero-order valence-corrected chi connectivity index (χ0v) is 8.69. The van der Waals surface area contributed by atoms with Crippen LogP contribution in [0.4, 0.5) is 0 Å². The van der Waals surface area contributed by atoms with E-state index >= 15 is 0 Å². The Morgan fingerprint density at radius 1 is 1.79 bits per heavy atom. The van der Waals surface area contributed by atoms with Crippen molar-refractivity contribution in [3.63, 3.8) is 0 Å². The zero-order chi connectivity index (χ0) is 10.4. The van der Waals surface area contributed by atoms with Gasteiger partial charge in [0.2, 0.25) is 0 Å². The third-order valence-electron chi connectivity index (χ3n) is 1.61. The molecule has 14 heavy (non-hydrogen) atoms. The summed E-state index contributed by atoms with van der Waals surface area (Å²) >= 11 is 1.35. The van der Waals surface area contributed by atoms with Crippen LogP contribution in [0, 0.1) is 12.3 Å². The van der Waals surface area contributed by atoms with Gasteiger partial charge in [-0.2, -0.15) is 0 Å².